The van der Waals surface area contributed by atoms with Crippen LogP contribution in [-0.4, -0.2) is 39.2 Å². The fraction of sp³-hybridized carbons (Fsp3) is 0.321. The molecule has 0 radical (unpaired) electrons. The van der Waals surface area contributed by atoms with Gasteiger partial charge in [0.25, 0.3) is 5.91 Å². The van der Waals surface area contributed by atoms with Crippen molar-refractivity contribution in [3.05, 3.63) is 88.4 Å². The first kappa shape index (κ1) is 25.5. The number of aromatic nitrogens is 2. The summed E-state index contributed by atoms with van der Waals surface area (Å²) in [5.41, 5.74) is 3.47. The van der Waals surface area contributed by atoms with E-state index >= 15 is 0 Å². The van der Waals surface area contributed by atoms with Crippen molar-refractivity contribution < 1.29 is 14.6 Å². The smallest absolute Gasteiger partial charge is 0.251 e. The Labute approximate surface area is 215 Å². The predicted molar refractivity (Wildman–Crippen MR) is 139 cm³/mol. The highest BCUT2D eigenvalue weighted by Crippen LogP contribution is 2.29. The molecule has 2 N–H and O–H groups in total. The number of carbonyl (C=O) groups excluding carboxylic acids is 1. The first-order valence-corrected chi connectivity index (χ1v) is 12.4. The second-order valence-corrected chi connectivity index (χ2v) is 9.52. The largest absolute Gasteiger partial charge is 0.490 e. The lowest BCUT2D eigenvalue weighted by Gasteiger charge is -2.21. The SMILES string of the molecule is CC(C)Oc1ccc(C(=O)N[C@H](CCO)CC2=CCC(c3cn4cccc(Cl)c4n3)C=C2)cc1C#N. The van der Waals surface area contributed by atoms with Crippen LogP contribution in [-0.2, 0) is 0 Å². The molecule has 1 aliphatic rings. The molecule has 2 atom stereocenters. The Kier molecular flexibility index (Phi) is 8.09. The summed E-state index contributed by atoms with van der Waals surface area (Å²) in [4.78, 5) is 17.6. The van der Waals surface area contributed by atoms with Gasteiger partial charge in [-0.15, -0.1) is 0 Å². The molecule has 0 saturated heterocycles. The average molecular weight is 505 g/mol. The van der Waals surface area contributed by atoms with Gasteiger partial charge in [-0.1, -0.05) is 35.4 Å². The number of halogens is 1. The van der Waals surface area contributed by atoms with Crippen LogP contribution >= 0.6 is 11.6 Å². The van der Waals surface area contributed by atoms with Crippen LogP contribution in [0.4, 0.5) is 0 Å². The number of amides is 1. The minimum absolute atomic E-state index is 0.0445. The van der Waals surface area contributed by atoms with Crippen LogP contribution in [0.25, 0.3) is 5.65 Å². The van der Waals surface area contributed by atoms with Crippen molar-refractivity contribution in [2.75, 3.05) is 6.61 Å². The van der Waals surface area contributed by atoms with Crippen molar-refractivity contribution in [1.29, 1.82) is 5.26 Å². The number of nitrogens with one attached hydrogen (secondary N) is 1. The highest BCUT2D eigenvalue weighted by atomic mass is 35.5. The third-order valence-electron chi connectivity index (χ3n) is 6.03. The number of hydrogen-bond acceptors (Lipinski definition) is 5. The van der Waals surface area contributed by atoms with Crippen molar-refractivity contribution >= 4 is 23.2 Å². The van der Waals surface area contributed by atoms with Crippen LogP contribution in [0, 0.1) is 11.3 Å². The molecule has 1 amide bonds. The van der Waals surface area contributed by atoms with Crippen molar-refractivity contribution in [1.82, 2.24) is 14.7 Å². The maximum Gasteiger partial charge on any atom is 0.251 e. The molecule has 0 spiro atoms. The Hall–Kier alpha value is -3.60. The number of fused-ring (bicyclic) bond motifs is 1. The van der Waals surface area contributed by atoms with Gasteiger partial charge in [0, 0.05) is 36.5 Å². The first-order valence-electron chi connectivity index (χ1n) is 12.0. The summed E-state index contributed by atoms with van der Waals surface area (Å²) in [6.07, 6.45) is 12.0. The molecule has 7 nitrogen and oxygen atoms in total. The first-order chi connectivity index (χ1) is 17.4. The van der Waals surface area contributed by atoms with Gasteiger partial charge in [0.1, 0.15) is 11.8 Å². The van der Waals surface area contributed by atoms with Gasteiger partial charge < -0.3 is 19.6 Å². The van der Waals surface area contributed by atoms with Crippen LogP contribution in [0.3, 0.4) is 0 Å². The molecule has 3 aromatic rings. The molecule has 36 heavy (non-hydrogen) atoms. The maximum atomic E-state index is 12.9. The standard InChI is InChI=1S/C28H29ClN4O3/c1-18(2)36-26-10-9-21(15-22(26)16-30)28(35)31-23(11-13-34)14-19-5-7-20(8-6-19)25-17-33-12-3-4-24(29)27(33)32-25/h3-7,9-10,12,15,17-18,20,23,34H,8,11,13-14H2,1-2H3,(H,31,35)/t20?,23-/m1/s1. The average Bonchev–Trinajstić information content (AvgIpc) is 3.30. The molecular weight excluding hydrogens is 476 g/mol. The number of aliphatic hydroxyl groups excluding tert-OH is 1. The second kappa shape index (κ2) is 11.4. The van der Waals surface area contributed by atoms with Crippen LogP contribution < -0.4 is 10.1 Å². The van der Waals surface area contributed by atoms with Gasteiger partial charge in [-0.25, -0.2) is 4.98 Å². The highest BCUT2D eigenvalue weighted by Gasteiger charge is 2.20. The van der Waals surface area contributed by atoms with Crippen molar-refractivity contribution in [2.24, 2.45) is 0 Å². The number of aliphatic hydroxyl groups is 1. The topological polar surface area (TPSA) is 99.7 Å². The summed E-state index contributed by atoms with van der Waals surface area (Å²) in [6.45, 7) is 3.72. The van der Waals surface area contributed by atoms with E-state index in [-0.39, 0.29) is 30.6 Å². The maximum absolute atomic E-state index is 12.9. The van der Waals surface area contributed by atoms with Gasteiger partial charge in [-0.3, -0.25) is 4.79 Å². The summed E-state index contributed by atoms with van der Waals surface area (Å²) in [7, 11) is 0. The number of pyridine rings is 1. The fourth-order valence-corrected chi connectivity index (χ4v) is 4.47. The van der Waals surface area contributed by atoms with E-state index in [2.05, 4.69) is 34.6 Å². The Morgan fingerprint density at radius 2 is 2.22 bits per heavy atom. The van der Waals surface area contributed by atoms with Gasteiger partial charge >= 0.3 is 0 Å². The van der Waals surface area contributed by atoms with Gasteiger partial charge in [-0.2, -0.15) is 5.26 Å². The van der Waals surface area contributed by atoms with Crippen molar-refractivity contribution in [3.8, 4) is 11.8 Å². The minimum atomic E-state index is -0.291. The van der Waals surface area contributed by atoms with E-state index in [1.807, 2.05) is 42.8 Å². The third-order valence-corrected chi connectivity index (χ3v) is 6.33. The summed E-state index contributed by atoms with van der Waals surface area (Å²) < 4.78 is 7.57. The molecule has 1 aromatic carbocycles. The monoisotopic (exact) mass is 504 g/mol. The molecule has 0 aliphatic heterocycles. The van der Waals surface area contributed by atoms with Gasteiger partial charge in [0.2, 0.25) is 0 Å². The van der Waals surface area contributed by atoms with E-state index in [0.717, 1.165) is 23.3 Å². The number of hydrogen-bond donors (Lipinski definition) is 2. The highest BCUT2D eigenvalue weighted by molar-refractivity contribution is 6.33. The van der Waals surface area contributed by atoms with Crippen molar-refractivity contribution in [2.45, 2.75) is 51.2 Å². The number of allylic oxidation sites excluding steroid dienone is 3. The molecule has 1 unspecified atom stereocenters. The number of imidazole rings is 1. The lowest BCUT2D eigenvalue weighted by molar-refractivity contribution is 0.0930. The van der Waals surface area contributed by atoms with Crippen molar-refractivity contribution in [3.63, 3.8) is 0 Å². The lowest BCUT2D eigenvalue weighted by Crippen LogP contribution is -2.36. The molecule has 186 valence electrons. The number of ether oxygens (including phenoxy) is 1. The van der Waals surface area contributed by atoms with Crippen LogP contribution in [0.2, 0.25) is 5.02 Å². The van der Waals surface area contributed by atoms with Crippen LogP contribution in [0.5, 0.6) is 5.75 Å². The number of nitriles is 1. The number of benzene rings is 1. The zero-order valence-corrected chi connectivity index (χ0v) is 21.1. The summed E-state index contributed by atoms with van der Waals surface area (Å²) in [5, 5.41) is 22.6. The van der Waals surface area contributed by atoms with Crippen LogP contribution in [0.1, 0.15) is 60.6 Å². The second-order valence-electron chi connectivity index (χ2n) is 9.11. The van der Waals surface area contributed by atoms with Gasteiger partial charge in [-0.05, 0) is 63.4 Å². The Balaban J connectivity index is 1.41. The third kappa shape index (κ3) is 5.96. The van der Waals surface area contributed by atoms with Crippen LogP contribution in [0.15, 0.2) is 66.5 Å². The molecule has 2 heterocycles. The zero-order valence-electron chi connectivity index (χ0n) is 20.3. The summed E-state index contributed by atoms with van der Waals surface area (Å²) in [6, 6.07) is 10.4. The zero-order chi connectivity index (χ0) is 25.7. The van der Waals surface area contributed by atoms with Gasteiger partial charge in [0.15, 0.2) is 5.65 Å². The van der Waals surface area contributed by atoms with E-state index in [4.69, 9.17) is 16.3 Å². The van der Waals surface area contributed by atoms with E-state index in [1.54, 1.807) is 12.1 Å². The van der Waals surface area contributed by atoms with E-state index < -0.39 is 0 Å². The fourth-order valence-electron chi connectivity index (χ4n) is 4.26. The quantitative estimate of drug-likeness (QED) is 0.418. The molecule has 8 heteroatoms. The number of rotatable bonds is 9. The summed E-state index contributed by atoms with van der Waals surface area (Å²) >= 11 is 6.26. The van der Waals surface area contributed by atoms with E-state index in [9.17, 15) is 15.2 Å². The minimum Gasteiger partial charge on any atom is -0.490 e. The lowest BCUT2D eigenvalue weighted by atomic mass is 9.91. The molecular formula is C28H29ClN4O3. The normalized spacial score (nSPS) is 16.0. The Morgan fingerprint density at radius 1 is 1.39 bits per heavy atom. The van der Waals surface area contributed by atoms with Gasteiger partial charge in [0.05, 0.1) is 22.4 Å². The molecule has 2 aromatic heterocycles. The number of carbonyl (C=O) groups is 1. The molecule has 1 aliphatic carbocycles. The Morgan fingerprint density at radius 3 is 2.89 bits per heavy atom. The molecule has 0 bridgehead atoms. The summed E-state index contributed by atoms with van der Waals surface area (Å²) in [5.74, 6) is 0.309. The van der Waals surface area contributed by atoms with E-state index in [0.29, 0.717) is 34.7 Å². The number of nitrogens with zero attached hydrogens (tertiary/aromatic N) is 3. The Bertz CT molecular complexity index is 1350. The molecule has 0 fully saturated rings. The van der Waals surface area contributed by atoms with E-state index in [1.165, 1.54) is 6.07 Å². The molecule has 0 saturated carbocycles. The molecule has 4 rings (SSSR count). The predicted octanol–water partition coefficient (Wildman–Crippen LogP) is 5.19.